The fraction of sp³-hybridized carbons (Fsp3) is 0.387. The maximum atomic E-state index is 13.6. The molecule has 4 rings (SSSR count). The van der Waals surface area contributed by atoms with Gasteiger partial charge in [-0.25, -0.2) is 0 Å². The van der Waals surface area contributed by atoms with Crippen molar-refractivity contribution < 1.29 is 14.4 Å². The van der Waals surface area contributed by atoms with Gasteiger partial charge in [0.15, 0.2) is 0 Å². The monoisotopic (exact) mass is 499 g/mol. The average molecular weight is 500 g/mol. The summed E-state index contributed by atoms with van der Waals surface area (Å²) in [5, 5.41) is 5.08. The van der Waals surface area contributed by atoms with Gasteiger partial charge < -0.3 is 15.1 Å². The third-order valence-corrected chi connectivity index (χ3v) is 7.28. The maximum absolute atomic E-state index is 13.6. The molecule has 3 aromatic rings. The molecule has 0 aromatic heterocycles. The van der Waals surface area contributed by atoms with Crippen molar-refractivity contribution in [1.29, 1.82) is 0 Å². The number of benzene rings is 3. The highest BCUT2D eigenvalue weighted by Gasteiger charge is 2.31. The maximum Gasteiger partial charge on any atom is 0.258 e. The van der Waals surface area contributed by atoms with E-state index in [1.54, 1.807) is 9.80 Å². The average Bonchev–Trinajstić information content (AvgIpc) is 3.17. The molecule has 1 heterocycles. The van der Waals surface area contributed by atoms with Crippen LogP contribution in [0.2, 0.25) is 0 Å². The predicted octanol–water partition coefficient (Wildman–Crippen LogP) is 5.61. The second kappa shape index (κ2) is 11.6. The third kappa shape index (κ3) is 5.68. The number of carbonyl (C=O) groups excluding carboxylic acids is 3. The van der Waals surface area contributed by atoms with Gasteiger partial charge in [-0.05, 0) is 56.2 Å². The van der Waals surface area contributed by atoms with E-state index in [9.17, 15) is 14.4 Å². The number of amides is 3. The minimum atomic E-state index is -0.547. The van der Waals surface area contributed by atoms with Gasteiger partial charge in [0.25, 0.3) is 5.91 Å². The van der Waals surface area contributed by atoms with E-state index in [1.165, 1.54) is 0 Å². The highest BCUT2D eigenvalue weighted by Crippen LogP contribution is 2.37. The molecule has 0 spiro atoms. The standard InChI is InChI=1S/C31H37N3O3/c1-5-22(4)32-30(36)26(6-2)34(20-23-17-15-21(3)16-18-23)28(35)14-9-19-33-27-13-8-11-24-10-7-12-25(29(24)27)31(33)37/h7-8,10-13,15-18,22,26H,5-6,9,14,19-20H2,1-4H3,(H,32,36). The smallest absolute Gasteiger partial charge is 0.258 e. The summed E-state index contributed by atoms with van der Waals surface area (Å²) in [4.78, 5) is 43.3. The van der Waals surface area contributed by atoms with Crippen LogP contribution in [0, 0.1) is 6.92 Å². The SMILES string of the molecule is CCC(C)NC(=O)C(CC)N(Cc1ccc(C)cc1)C(=O)CCCN1C(=O)c2cccc3cccc1c23. The molecular weight excluding hydrogens is 462 g/mol. The Morgan fingerprint density at radius 1 is 0.973 bits per heavy atom. The molecular formula is C31H37N3O3. The Morgan fingerprint density at radius 3 is 2.35 bits per heavy atom. The van der Waals surface area contributed by atoms with Crippen molar-refractivity contribution in [3.8, 4) is 0 Å². The second-order valence-corrected chi connectivity index (χ2v) is 9.99. The van der Waals surface area contributed by atoms with Crippen molar-refractivity contribution in [1.82, 2.24) is 10.2 Å². The molecule has 3 amide bonds. The number of anilines is 1. The van der Waals surface area contributed by atoms with Crippen LogP contribution in [0.25, 0.3) is 10.8 Å². The second-order valence-electron chi connectivity index (χ2n) is 9.99. The van der Waals surface area contributed by atoms with E-state index in [2.05, 4.69) is 5.32 Å². The van der Waals surface area contributed by atoms with E-state index in [1.807, 2.05) is 88.4 Å². The molecule has 0 bridgehead atoms. The molecule has 0 fully saturated rings. The van der Waals surface area contributed by atoms with Crippen LogP contribution in [0.15, 0.2) is 60.7 Å². The Bertz CT molecular complexity index is 1280. The minimum Gasteiger partial charge on any atom is -0.352 e. The molecule has 2 unspecified atom stereocenters. The summed E-state index contributed by atoms with van der Waals surface area (Å²) in [5.41, 5.74) is 3.76. The zero-order valence-electron chi connectivity index (χ0n) is 22.3. The first-order chi connectivity index (χ1) is 17.8. The van der Waals surface area contributed by atoms with Crippen LogP contribution in [0.3, 0.4) is 0 Å². The van der Waals surface area contributed by atoms with Crippen molar-refractivity contribution in [3.05, 3.63) is 77.4 Å². The fourth-order valence-corrected chi connectivity index (χ4v) is 4.98. The largest absolute Gasteiger partial charge is 0.352 e. The van der Waals surface area contributed by atoms with Crippen molar-refractivity contribution in [2.24, 2.45) is 0 Å². The van der Waals surface area contributed by atoms with Gasteiger partial charge in [-0.15, -0.1) is 0 Å². The molecule has 2 atom stereocenters. The molecule has 37 heavy (non-hydrogen) atoms. The molecule has 3 aromatic carbocycles. The first-order valence-corrected chi connectivity index (χ1v) is 13.3. The van der Waals surface area contributed by atoms with Crippen LogP contribution in [0.5, 0.6) is 0 Å². The van der Waals surface area contributed by atoms with E-state index >= 15 is 0 Å². The Labute approximate surface area is 219 Å². The highest BCUT2D eigenvalue weighted by atomic mass is 16.2. The topological polar surface area (TPSA) is 69.7 Å². The first-order valence-electron chi connectivity index (χ1n) is 13.3. The van der Waals surface area contributed by atoms with E-state index in [0.717, 1.165) is 34.0 Å². The van der Waals surface area contributed by atoms with Gasteiger partial charge in [-0.2, -0.15) is 0 Å². The summed E-state index contributed by atoms with van der Waals surface area (Å²) < 4.78 is 0. The van der Waals surface area contributed by atoms with Crippen LogP contribution in [-0.4, -0.2) is 41.2 Å². The van der Waals surface area contributed by atoms with Crippen molar-refractivity contribution >= 4 is 34.2 Å². The predicted molar refractivity (Wildman–Crippen MR) is 149 cm³/mol. The Hall–Kier alpha value is -3.67. The lowest BCUT2D eigenvalue weighted by molar-refractivity contribution is -0.141. The van der Waals surface area contributed by atoms with E-state index < -0.39 is 6.04 Å². The molecule has 1 N–H and O–H groups in total. The number of nitrogens with one attached hydrogen (secondary N) is 1. The molecule has 0 aliphatic carbocycles. The van der Waals surface area contributed by atoms with Crippen LogP contribution < -0.4 is 10.2 Å². The zero-order chi connectivity index (χ0) is 26.5. The lowest BCUT2D eigenvalue weighted by Crippen LogP contribution is -2.50. The number of carbonyl (C=O) groups is 3. The Balaban J connectivity index is 1.48. The molecule has 6 nitrogen and oxygen atoms in total. The molecule has 6 heteroatoms. The minimum absolute atomic E-state index is 0.0184. The van der Waals surface area contributed by atoms with Crippen LogP contribution in [-0.2, 0) is 16.1 Å². The third-order valence-electron chi connectivity index (χ3n) is 7.28. The molecule has 0 saturated carbocycles. The number of aryl methyl sites for hydroxylation is 1. The van der Waals surface area contributed by atoms with Gasteiger partial charge in [0.1, 0.15) is 6.04 Å². The molecule has 1 aliphatic heterocycles. The highest BCUT2D eigenvalue weighted by molar-refractivity contribution is 6.25. The van der Waals surface area contributed by atoms with Crippen LogP contribution >= 0.6 is 0 Å². The molecule has 0 radical (unpaired) electrons. The van der Waals surface area contributed by atoms with Gasteiger partial charge in [-0.1, -0.05) is 67.9 Å². The summed E-state index contributed by atoms with van der Waals surface area (Å²) in [6.45, 7) is 8.80. The zero-order valence-corrected chi connectivity index (χ0v) is 22.3. The van der Waals surface area contributed by atoms with Crippen molar-refractivity contribution in [3.63, 3.8) is 0 Å². The van der Waals surface area contributed by atoms with E-state index in [4.69, 9.17) is 0 Å². The first kappa shape index (κ1) is 26.4. The van der Waals surface area contributed by atoms with Crippen LogP contribution in [0.4, 0.5) is 5.69 Å². The van der Waals surface area contributed by atoms with Crippen LogP contribution in [0.1, 0.15) is 67.9 Å². The molecule has 194 valence electrons. The molecule has 1 aliphatic rings. The Kier molecular flexibility index (Phi) is 8.27. The lowest BCUT2D eigenvalue weighted by Gasteiger charge is -2.32. The number of hydrogen-bond donors (Lipinski definition) is 1. The number of nitrogens with zero attached hydrogens (tertiary/aromatic N) is 2. The van der Waals surface area contributed by atoms with Gasteiger partial charge in [0, 0.05) is 36.5 Å². The summed E-state index contributed by atoms with van der Waals surface area (Å²) >= 11 is 0. The normalized spacial score (nSPS) is 14.1. The van der Waals surface area contributed by atoms with Gasteiger partial charge in [0.05, 0.1) is 5.69 Å². The van der Waals surface area contributed by atoms with Gasteiger partial charge in [0.2, 0.25) is 11.8 Å². The van der Waals surface area contributed by atoms with E-state index in [0.29, 0.717) is 31.5 Å². The lowest BCUT2D eigenvalue weighted by atomic mass is 10.1. The fourth-order valence-electron chi connectivity index (χ4n) is 4.98. The molecule has 0 saturated heterocycles. The van der Waals surface area contributed by atoms with Crippen molar-refractivity contribution in [2.45, 2.75) is 72.0 Å². The van der Waals surface area contributed by atoms with Crippen molar-refractivity contribution in [2.75, 3.05) is 11.4 Å². The van der Waals surface area contributed by atoms with Gasteiger partial charge in [-0.3, -0.25) is 14.4 Å². The quantitative estimate of drug-likeness (QED) is 0.373. The Morgan fingerprint density at radius 2 is 1.68 bits per heavy atom. The van der Waals surface area contributed by atoms with E-state index in [-0.39, 0.29) is 30.2 Å². The summed E-state index contributed by atoms with van der Waals surface area (Å²) in [5.74, 6) is -0.210. The van der Waals surface area contributed by atoms with Gasteiger partial charge >= 0.3 is 0 Å². The number of hydrogen-bond acceptors (Lipinski definition) is 3. The summed E-state index contributed by atoms with van der Waals surface area (Å²) in [7, 11) is 0. The summed E-state index contributed by atoms with van der Waals surface area (Å²) in [6.07, 6.45) is 2.13. The number of rotatable bonds is 11. The summed E-state index contributed by atoms with van der Waals surface area (Å²) in [6, 6.07) is 19.3.